The second-order valence-corrected chi connectivity index (χ2v) is 13.5. The summed E-state index contributed by atoms with van der Waals surface area (Å²) in [5.74, 6) is -1.46. The highest BCUT2D eigenvalue weighted by Gasteiger charge is 2.27. The number of esters is 1. The van der Waals surface area contributed by atoms with E-state index in [1.54, 1.807) is 55.5 Å². The molecule has 0 saturated heterocycles. The van der Waals surface area contributed by atoms with Crippen LogP contribution >= 0.6 is 39.0 Å². The van der Waals surface area contributed by atoms with Crippen molar-refractivity contribution in [2.45, 2.75) is 37.5 Å². The Kier molecular flexibility index (Phi) is 11.5. The molecule has 5 rings (SSSR count). The summed E-state index contributed by atoms with van der Waals surface area (Å²) in [5, 5.41) is 9.08. The first-order valence-corrected chi connectivity index (χ1v) is 17.4. The number of aryl methyl sites for hydroxylation is 1. The first-order valence-electron chi connectivity index (χ1n) is 14.8. The number of hydrogen-bond donors (Lipinski definition) is 3. The first-order chi connectivity index (χ1) is 22.3. The number of carbonyl (C=O) groups is 4. The molecule has 8 nitrogen and oxygen atoms in total. The van der Waals surface area contributed by atoms with Crippen molar-refractivity contribution < 1.29 is 23.9 Å². The van der Waals surface area contributed by atoms with Crippen LogP contribution in [0, 0.1) is 0 Å². The molecular formula is C35H32BrN3O5S2. The zero-order chi connectivity index (χ0) is 32.5. The summed E-state index contributed by atoms with van der Waals surface area (Å²) < 4.78 is 6.13. The summed E-state index contributed by atoms with van der Waals surface area (Å²) in [6.45, 7) is 2.03. The second kappa shape index (κ2) is 15.9. The quantitative estimate of drug-likeness (QED) is 0.0833. The third kappa shape index (κ3) is 8.74. The van der Waals surface area contributed by atoms with Gasteiger partial charge in [-0.2, -0.15) is 0 Å². The minimum absolute atomic E-state index is 0.0698. The number of ether oxygens (including phenoxy) is 1. The van der Waals surface area contributed by atoms with Crippen molar-refractivity contribution >= 4 is 79.5 Å². The molecule has 1 aliphatic carbocycles. The zero-order valence-electron chi connectivity index (χ0n) is 25.1. The smallest absolute Gasteiger partial charge is 0.341 e. The Hall–Kier alpha value is -4.19. The summed E-state index contributed by atoms with van der Waals surface area (Å²) in [5.41, 5.74) is 3.19. The number of nitrogens with one attached hydrogen (secondary N) is 3. The van der Waals surface area contributed by atoms with Crippen LogP contribution in [0.5, 0.6) is 0 Å². The average molecular weight is 719 g/mol. The van der Waals surface area contributed by atoms with Gasteiger partial charge < -0.3 is 20.7 Å². The molecule has 3 N–H and O–H groups in total. The molecule has 0 fully saturated rings. The summed E-state index contributed by atoms with van der Waals surface area (Å²) >= 11 is 6.20. The molecule has 0 saturated carbocycles. The minimum Gasteiger partial charge on any atom is -0.462 e. The molecule has 0 atom stereocenters. The minimum atomic E-state index is -0.502. The molecule has 3 aromatic carbocycles. The van der Waals surface area contributed by atoms with E-state index >= 15 is 0 Å². The Labute approximate surface area is 284 Å². The Morgan fingerprint density at radius 1 is 0.935 bits per heavy atom. The molecule has 3 amide bonds. The summed E-state index contributed by atoms with van der Waals surface area (Å²) in [7, 11) is 0. The Morgan fingerprint density at radius 2 is 1.72 bits per heavy atom. The van der Waals surface area contributed by atoms with E-state index in [1.807, 2.05) is 36.4 Å². The molecular weight excluding hydrogens is 686 g/mol. The van der Waals surface area contributed by atoms with E-state index in [0.29, 0.717) is 21.8 Å². The number of benzene rings is 3. The SMILES string of the molecule is CCOC(=O)c1c(NC(=O)CSc2cccc(NC(=O)/C(=C\c3cccc(Br)c3)NC(=O)c3ccccc3)c2)sc2c1CCCC2. The van der Waals surface area contributed by atoms with E-state index < -0.39 is 17.8 Å². The highest BCUT2D eigenvalue weighted by Crippen LogP contribution is 2.39. The normalized spacial score (nSPS) is 12.5. The maximum Gasteiger partial charge on any atom is 0.341 e. The summed E-state index contributed by atoms with van der Waals surface area (Å²) in [6.07, 6.45) is 5.38. The number of anilines is 2. The van der Waals surface area contributed by atoms with Crippen molar-refractivity contribution in [1.82, 2.24) is 5.32 Å². The maximum atomic E-state index is 13.5. The molecule has 0 unspecified atom stereocenters. The maximum absolute atomic E-state index is 13.5. The van der Waals surface area contributed by atoms with Crippen LogP contribution in [0.3, 0.4) is 0 Å². The standard InChI is InChI=1S/C35H32BrN3O5S2/c1-2-44-35(43)31-27-16-6-7-17-29(27)46-34(31)39-30(40)21-45-26-15-9-14-25(20-26)37-33(42)28(19-22-10-8-13-24(36)18-22)38-32(41)23-11-4-3-5-12-23/h3-5,8-15,18-20H,2,6-7,16-17,21H2,1H3,(H,37,42)(H,38,41)(H,39,40)/b28-19+. The second-order valence-electron chi connectivity index (χ2n) is 10.4. The molecule has 0 radical (unpaired) electrons. The van der Waals surface area contributed by atoms with Gasteiger partial charge in [0.05, 0.1) is 17.9 Å². The lowest BCUT2D eigenvalue weighted by molar-refractivity contribution is -0.114. The van der Waals surface area contributed by atoms with Crippen molar-refractivity contribution in [3.63, 3.8) is 0 Å². The molecule has 4 aromatic rings. The van der Waals surface area contributed by atoms with Crippen LogP contribution in [0.4, 0.5) is 10.7 Å². The number of fused-ring (bicyclic) bond motifs is 1. The lowest BCUT2D eigenvalue weighted by atomic mass is 9.95. The van der Waals surface area contributed by atoms with Crippen LogP contribution in [-0.2, 0) is 27.2 Å². The summed E-state index contributed by atoms with van der Waals surface area (Å²) in [6, 6.07) is 23.2. The molecule has 1 aliphatic rings. The van der Waals surface area contributed by atoms with E-state index in [-0.39, 0.29) is 24.0 Å². The van der Waals surface area contributed by atoms with Gasteiger partial charge in [0.2, 0.25) is 5.91 Å². The van der Waals surface area contributed by atoms with E-state index in [1.165, 1.54) is 23.1 Å². The number of rotatable bonds is 11. The summed E-state index contributed by atoms with van der Waals surface area (Å²) in [4.78, 5) is 54.0. The number of thioether (sulfide) groups is 1. The van der Waals surface area contributed by atoms with Gasteiger partial charge in [-0.05, 0) is 92.3 Å². The third-order valence-electron chi connectivity index (χ3n) is 7.05. The highest BCUT2D eigenvalue weighted by atomic mass is 79.9. The average Bonchev–Trinajstić information content (AvgIpc) is 3.42. The highest BCUT2D eigenvalue weighted by molar-refractivity contribution is 9.10. The molecule has 11 heteroatoms. The number of halogens is 1. The van der Waals surface area contributed by atoms with Gasteiger partial charge in [-0.1, -0.05) is 52.3 Å². The fraction of sp³-hybridized carbons (Fsp3) is 0.200. The van der Waals surface area contributed by atoms with Crippen molar-refractivity contribution in [1.29, 1.82) is 0 Å². The lowest BCUT2D eigenvalue weighted by Gasteiger charge is -2.13. The van der Waals surface area contributed by atoms with Crippen molar-refractivity contribution in [3.8, 4) is 0 Å². The predicted molar refractivity (Wildman–Crippen MR) is 187 cm³/mol. The fourth-order valence-electron chi connectivity index (χ4n) is 4.95. The van der Waals surface area contributed by atoms with Crippen LogP contribution in [0.25, 0.3) is 6.08 Å². The molecule has 1 heterocycles. The van der Waals surface area contributed by atoms with Gasteiger partial charge in [-0.25, -0.2) is 4.79 Å². The van der Waals surface area contributed by atoms with E-state index in [2.05, 4.69) is 31.9 Å². The molecule has 236 valence electrons. The molecule has 0 bridgehead atoms. The Morgan fingerprint density at radius 3 is 2.50 bits per heavy atom. The van der Waals surface area contributed by atoms with Crippen LogP contribution < -0.4 is 16.0 Å². The number of hydrogen-bond acceptors (Lipinski definition) is 7. The van der Waals surface area contributed by atoms with Gasteiger partial charge in [-0.15, -0.1) is 23.1 Å². The molecule has 0 aliphatic heterocycles. The zero-order valence-corrected chi connectivity index (χ0v) is 28.3. The van der Waals surface area contributed by atoms with Gasteiger partial charge in [0.25, 0.3) is 11.8 Å². The van der Waals surface area contributed by atoms with Crippen LogP contribution in [0.2, 0.25) is 0 Å². The molecule has 1 aromatic heterocycles. The monoisotopic (exact) mass is 717 g/mol. The van der Waals surface area contributed by atoms with Crippen molar-refractivity contribution in [2.24, 2.45) is 0 Å². The number of thiophene rings is 1. The lowest BCUT2D eigenvalue weighted by Crippen LogP contribution is -2.30. The van der Waals surface area contributed by atoms with Crippen LogP contribution in [0.15, 0.2) is 93.9 Å². The fourth-order valence-corrected chi connectivity index (χ4v) is 7.42. The molecule has 46 heavy (non-hydrogen) atoms. The number of carbonyl (C=O) groups excluding carboxylic acids is 4. The van der Waals surface area contributed by atoms with Crippen LogP contribution in [0.1, 0.15) is 56.5 Å². The van der Waals surface area contributed by atoms with Gasteiger partial charge in [-0.3, -0.25) is 14.4 Å². The predicted octanol–water partition coefficient (Wildman–Crippen LogP) is 7.71. The van der Waals surface area contributed by atoms with Gasteiger partial charge in [0.1, 0.15) is 10.7 Å². The van der Waals surface area contributed by atoms with Crippen molar-refractivity contribution in [3.05, 3.63) is 116 Å². The Bertz CT molecular complexity index is 1790. The topological polar surface area (TPSA) is 114 Å². The van der Waals surface area contributed by atoms with E-state index in [0.717, 1.165) is 51.1 Å². The largest absolute Gasteiger partial charge is 0.462 e. The molecule has 0 spiro atoms. The van der Waals surface area contributed by atoms with E-state index in [9.17, 15) is 19.2 Å². The Balaban J connectivity index is 1.26. The van der Waals surface area contributed by atoms with Crippen molar-refractivity contribution in [2.75, 3.05) is 23.0 Å². The van der Waals surface area contributed by atoms with E-state index in [4.69, 9.17) is 4.74 Å². The third-order valence-corrected chi connectivity index (χ3v) is 9.75. The number of amides is 3. The first kappa shape index (κ1) is 33.2. The van der Waals surface area contributed by atoms with Gasteiger partial charge in [0.15, 0.2) is 0 Å². The van der Waals surface area contributed by atoms with Gasteiger partial charge in [0, 0.05) is 25.5 Å². The van der Waals surface area contributed by atoms with Gasteiger partial charge >= 0.3 is 5.97 Å². The van der Waals surface area contributed by atoms with Crippen LogP contribution in [-0.4, -0.2) is 36.1 Å².